The number of alkyl halides is 2. The second-order valence-electron chi connectivity index (χ2n) is 2.64. The summed E-state index contributed by atoms with van der Waals surface area (Å²) in [6, 6.07) is 0. The third-order valence-corrected chi connectivity index (χ3v) is 1.41. The van der Waals surface area contributed by atoms with Gasteiger partial charge in [0, 0.05) is 7.05 Å². The van der Waals surface area contributed by atoms with Crippen LogP contribution in [0.25, 0.3) is 0 Å². The number of nitrogens with one attached hydrogen (secondary N) is 1. The lowest BCUT2D eigenvalue weighted by molar-refractivity contribution is -0.162. The topological polar surface area (TPSA) is 80.0 Å². The van der Waals surface area contributed by atoms with Gasteiger partial charge in [-0.15, -0.1) is 5.10 Å². The highest BCUT2D eigenvalue weighted by atomic mass is 19.3. The fraction of sp³-hybridized carbons (Fsp3) is 0.500. The molecule has 14 heavy (non-hydrogen) atoms. The van der Waals surface area contributed by atoms with Crippen LogP contribution in [0.1, 0.15) is 0 Å². The monoisotopic (exact) mass is 206 g/mol. The van der Waals surface area contributed by atoms with Crippen molar-refractivity contribution in [3.8, 4) is 0 Å². The Balaban J connectivity index is 2.52. The molecule has 0 saturated carbocycles. The van der Waals surface area contributed by atoms with E-state index < -0.39 is 18.4 Å². The predicted molar refractivity (Wildman–Crippen MR) is 42.1 cm³/mol. The zero-order valence-corrected chi connectivity index (χ0v) is 7.24. The van der Waals surface area contributed by atoms with Crippen molar-refractivity contribution in [3.05, 3.63) is 6.20 Å². The Morgan fingerprint density at radius 3 is 2.86 bits per heavy atom. The molecule has 1 aromatic heterocycles. The van der Waals surface area contributed by atoms with Crippen LogP contribution < -0.4 is 5.32 Å². The van der Waals surface area contributed by atoms with Gasteiger partial charge in [0.15, 0.2) is 5.82 Å². The summed E-state index contributed by atoms with van der Waals surface area (Å²) in [7, 11) is 1.56. The summed E-state index contributed by atoms with van der Waals surface area (Å²) in [6.07, 6.45) is 1.36. The number of hydrogen-bond donors (Lipinski definition) is 2. The van der Waals surface area contributed by atoms with E-state index in [4.69, 9.17) is 5.11 Å². The fourth-order valence-electron chi connectivity index (χ4n) is 0.706. The first-order valence-corrected chi connectivity index (χ1v) is 3.63. The lowest BCUT2D eigenvalue weighted by Crippen LogP contribution is -2.36. The minimum atomic E-state index is -3.81. The average molecular weight is 206 g/mol. The molecule has 0 atom stereocenters. The third-order valence-electron chi connectivity index (χ3n) is 1.41. The first kappa shape index (κ1) is 10.4. The number of halogens is 2. The van der Waals surface area contributed by atoms with Crippen LogP contribution in [-0.4, -0.2) is 38.5 Å². The highest BCUT2D eigenvalue weighted by Crippen LogP contribution is 2.13. The molecule has 0 aromatic carbocycles. The van der Waals surface area contributed by atoms with Crippen LogP contribution in [0.15, 0.2) is 6.20 Å². The van der Waals surface area contributed by atoms with Crippen molar-refractivity contribution in [3.63, 3.8) is 0 Å². The Morgan fingerprint density at radius 2 is 2.43 bits per heavy atom. The van der Waals surface area contributed by atoms with Crippen LogP contribution >= 0.6 is 0 Å². The summed E-state index contributed by atoms with van der Waals surface area (Å²) >= 11 is 0. The molecule has 0 unspecified atom stereocenters. The molecule has 0 aliphatic rings. The minimum absolute atomic E-state index is 0.105. The maximum Gasteiger partial charge on any atom is 0.376 e. The fourth-order valence-corrected chi connectivity index (χ4v) is 0.706. The van der Waals surface area contributed by atoms with E-state index in [0.29, 0.717) is 0 Å². The van der Waals surface area contributed by atoms with Crippen LogP contribution in [0, 0.1) is 0 Å². The molecule has 0 saturated heterocycles. The van der Waals surface area contributed by atoms with Gasteiger partial charge in [0.25, 0.3) is 0 Å². The number of rotatable bonds is 4. The molecule has 0 bridgehead atoms. The number of hydrogen-bond acceptors (Lipinski definition) is 4. The number of aromatic nitrogens is 3. The highest BCUT2D eigenvalue weighted by molar-refractivity contribution is 5.76. The first-order valence-electron chi connectivity index (χ1n) is 3.63. The molecule has 0 aliphatic heterocycles. The van der Waals surface area contributed by atoms with E-state index in [1.165, 1.54) is 10.9 Å². The second kappa shape index (κ2) is 3.56. The molecule has 2 N–H and O–H groups in total. The molecule has 0 spiro atoms. The zero-order chi connectivity index (χ0) is 10.8. The molecule has 1 heterocycles. The number of carbonyl (C=O) groups is 1. The number of aryl methyl sites for hydroxylation is 1. The molecule has 1 rings (SSSR count). The van der Waals surface area contributed by atoms with E-state index in [0.717, 1.165) is 0 Å². The number of aliphatic carboxylic acids is 1. The van der Waals surface area contributed by atoms with Gasteiger partial charge >= 0.3 is 11.9 Å². The molecule has 6 nitrogen and oxygen atoms in total. The van der Waals surface area contributed by atoms with Crippen molar-refractivity contribution < 1.29 is 18.7 Å². The van der Waals surface area contributed by atoms with Crippen molar-refractivity contribution in [2.75, 3.05) is 11.9 Å². The molecular formula is C6H8F2N4O2. The van der Waals surface area contributed by atoms with Crippen molar-refractivity contribution in [1.82, 2.24) is 15.0 Å². The first-order chi connectivity index (χ1) is 6.42. The number of carboxylic acids is 1. The lowest BCUT2D eigenvalue weighted by Gasteiger charge is -2.10. The van der Waals surface area contributed by atoms with E-state index in [2.05, 4.69) is 15.6 Å². The highest BCUT2D eigenvalue weighted by Gasteiger charge is 2.38. The summed E-state index contributed by atoms with van der Waals surface area (Å²) in [5.74, 6) is -5.88. The van der Waals surface area contributed by atoms with E-state index in [-0.39, 0.29) is 5.82 Å². The number of carboxylic acid groups (broad SMARTS) is 1. The molecule has 78 valence electrons. The second-order valence-corrected chi connectivity index (χ2v) is 2.64. The van der Waals surface area contributed by atoms with Gasteiger partial charge in [-0.25, -0.2) is 4.79 Å². The van der Waals surface area contributed by atoms with Gasteiger partial charge in [0.05, 0.1) is 12.7 Å². The van der Waals surface area contributed by atoms with Crippen molar-refractivity contribution in [1.29, 1.82) is 0 Å². The molecule has 0 aliphatic carbocycles. The third kappa shape index (κ3) is 2.38. The van der Waals surface area contributed by atoms with E-state index in [1.807, 2.05) is 0 Å². The molecule has 1 aromatic rings. The molecular weight excluding hydrogens is 198 g/mol. The van der Waals surface area contributed by atoms with Gasteiger partial charge in [-0.3, -0.25) is 4.68 Å². The molecule has 0 radical (unpaired) electrons. The minimum Gasteiger partial charge on any atom is -0.477 e. The Hall–Kier alpha value is -1.73. The van der Waals surface area contributed by atoms with Crippen LogP contribution in [0.4, 0.5) is 14.6 Å². The Bertz CT molecular complexity index is 338. The smallest absolute Gasteiger partial charge is 0.376 e. The van der Waals surface area contributed by atoms with Crippen molar-refractivity contribution in [2.24, 2.45) is 7.05 Å². The van der Waals surface area contributed by atoms with Gasteiger partial charge in [-0.05, 0) is 0 Å². The summed E-state index contributed by atoms with van der Waals surface area (Å²) < 4.78 is 26.4. The zero-order valence-electron chi connectivity index (χ0n) is 7.24. The largest absolute Gasteiger partial charge is 0.477 e. The lowest BCUT2D eigenvalue weighted by atomic mass is 10.3. The van der Waals surface area contributed by atoms with Gasteiger partial charge in [-0.2, -0.15) is 8.78 Å². The van der Waals surface area contributed by atoms with E-state index in [1.54, 1.807) is 7.05 Å². The Labute approximate surface area is 77.5 Å². The van der Waals surface area contributed by atoms with Gasteiger partial charge in [0.1, 0.15) is 0 Å². The maximum absolute atomic E-state index is 12.5. The normalized spacial score (nSPS) is 11.4. The standard InChI is InChI=1S/C6H8F2N4O2/c1-12-2-4(10-11-12)9-3-6(7,8)5(13)14/h2,9H,3H2,1H3,(H,13,14). The summed E-state index contributed by atoms with van der Waals surface area (Å²) in [4.78, 5) is 10.0. The Morgan fingerprint density at radius 1 is 1.79 bits per heavy atom. The summed E-state index contributed by atoms with van der Waals surface area (Å²) in [6.45, 7) is -1.01. The van der Waals surface area contributed by atoms with E-state index in [9.17, 15) is 13.6 Å². The van der Waals surface area contributed by atoms with Crippen LogP contribution in [0.5, 0.6) is 0 Å². The summed E-state index contributed by atoms with van der Waals surface area (Å²) in [5.41, 5.74) is 0. The molecule has 8 heteroatoms. The predicted octanol–water partition coefficient (Wildman–Crippen LogP) is -0.0531. The van der Waals surface area contributed by atoms with Gasteiger partial charge < -0.3 is 10.4 Å². The maximum atomic E-state index is 12.5. The number of anilines is 1. The summed E-state index contributed by atoms with van der Waals surface area (Å²) in [5, 5.41) is 17.2. The Kier molecular flexibility index (Phi) is 2.63. The van der Waals surface area contributed by atoms with Crippen LogP contribution in [0.2, 0.25) is 0 Å². The van der Waals surface area contributed by atoms with Crippen LogP contribution in [0.3, 0.4) is 0 Å². The van der Waals surface area contributed by atoms with Gasteiger partial charge in [-0.1, -0.05) is 5.21 Å². The van der Waals surface area contributed by atoms with Crippen molar-refractivity contribution >= 4 is 11.8 Å². The van der Waals surface area contributed by atoms with Gasteiger partial charge in [0.2, 0.25) is 0 Å². The number of nitrogens with zero attached hydrogens (tertiary/aromatic N) is 3. The quantitative estimate of drug-likeness (QED) is 0.721. The molecule has 0 fully saturated rings. The average Bonchev–Trinajstić information content (AvgIpc) is 2.48. The molecule has 0 amide bonds. The van der Waals surface area contributed by atoms with Crippen molar-refractivity contribution in [2.45, 2.75) is 5.92 Å². The van der Waals surface area contributed by atoms with Crippen LogP contribution in [-0.2, 0) is 11.8 Å². The van der Waals surface area contributed by atoms with E-state index >= 15 is 0 Å². The SMILES string of the molecule is Cn1cc(NCC(F)(F)C(=O)O)nn1.